The van der Waals surface area contributed by atoms with Crippen LogP contribution < -0.4 is 15.8 Å². The molecular formula is C31H37N5O3. The van der Waals surface area contributed by atoms with E-state index in [2.05, 4.69) is 31.6 Å². The molecule has 0 spiro atoms. The van der Waals surface area contributed by atoms with Crippen LogP contribution in [0.4, 0.5) is 16.2 Å². The maximum atomic E-state index is 12.4. The van der Waals surface area contributed by atoms with Gasteiger partial charge < -0.3 is 24.3 Å². The molecule has 0 aliphatic heterocycles. The molecule has 3 N–H and O–H groups in total. The summed E-state index contributed by atoms with van der Waals surface area (Å²) in [5.41, 5.74) is 11.5. The molecule has 2 aromatic carbocycles. The number of hydrogen-bond acceptors (Lipinski definition) is 5. The van der Waals surface area contributed by atoms with Crippen LogP contribution >= 0.6 is 0 Å². The van der Waals surface area contributed by atoms with Gasteiger partial charge >= 0.3 is 6.09 Å². The number of nitrogens with one attached hydrogen (secondary N) is 1. The molecule has 204 valence electrons. The standard InChI is InChI=1S/C31H37N5O3/c1-21(22-5-2-6-22)39-31(37)34-24-11-9-23(10-12-24)30-29(32)27-19-26(38-18-4-16-35-17-15-33-20-35)13-14-28(27)36(30)25-7-3-8-25/h9-15,17,19-22,25H,2-8,16,18,32H2,1H3,(H,34,37). The first-order valence-electron chi connectivity index (χ1n) is 14.2. The van der Waals surface area contributed by atoms with Gasteiger partial charge in [0.2, 0.25) is 0 Å². The van der Waals surface area contributed by atoms with Gasteiger partial charge in [-0.2, -0.15) is 0 Å². The summed E-state index contributed by atoms with van der Waals surface area (Å²) >= 11 is 0. The zero-order valence-corrected chi connectivity index (χ0v) is 22.5. The van der Waals surface area contributed by atoms with Crippen molar-refractivity contribution >= 4 is 28.4 Å². The van der Waals surface area contributed by atoms with Gasteiger partial charge in [0.1, 0.15) is 11.9 Å². The Morgan fingerprint density at radius 1 is 1.13 bits per heavy atom. The van der Waals surface area contributed by atoms with Crippen molar-refractivity contribution in [3.63, 3.8) is 0 Å². The second-order valence-electron chi connectivity index (χ2n) is 10.9. The zero-order chi connectivity index (χ0) is 26.8. The van der Waals surface area contributed by atoms with E-state index in [1.807, 2.05) is 49.8 Å². The summed E-state index contributed by atoms with van der Waals surface area (Å²) in [4.78, 5) is 16.5. The number of benzene rings is 2. The number of nitrogens with zero attached hydrogens (tertiary/aromatic N) is 3. The monoisotopic (exact) mass is 527 g/mol. The Labute approximate surface area is 229 Å². The van der Waals surface area contributed by atoms with Gasteiger partial charge in [-0.05, 0) is 81.7 Å². The fourth-order valence-electron chi connectivity index (χ4n) is 5.62. The SMILES string of the molecule is CC(OC(=O)Nc1ccc(-c2c(N)c3cc(OCCCn4ccnc4)ccc3n2C2CCC2)cc1)C1CCC1. The van der Waals surface area contributed by atoms with Crippen LogP contribution in [0.25, 0.3) is 22.2 Å². The highest BCUT2D eigenvalue weighted by atomic mass is 16.6. The quantitative estimate of drug-likeness (QED) is 0.216. The summed E-state index contributed by atoms with van der Waals surface area (Å²) in [6.45, 7) is 3.47. The number of nitrogen functional groups attached to an aromatic ring is 1. The number of aryl methyl sites for hydroxylation is 1. The van der Waals surface area contributed by atoms with Crippen LogP contribution in [0, 0.1) is 5.92 Å². The first-order chi connectivity index (χ1) is 19.1. The lowest BCUT2D eigenvalue weighted by atomic mass is 9.82. The highest BCUT2D eigenvalue weighted by Crippen LogP contribution is 2.45. The van der Waals surface area contributed by atoms with Crippen molar-refractivity contribution < 1.29 is 14.3 Å². The molecule has 4 aromatic rings. The van der Waals surface area contributed by atoms with Gasteiger partial charge in [0.05, 0.1) is 29.8 Å². The van der Waals surface area contributed by atoms with Crippen LogP contribution in [0.3, 0.4) is 0 Å². The first-order valence-corrected chi connectivity index (χ1v) is 14.2. The van der Waals surface area contributed by atoms with Crippen LogP contribution in [0.15, 0.2) is 61.2 Å². The maximum absolute atomic E-state index is 12.4. The van der Waals surface area contributed by atoms with Crippen molar-refractivity contribution in [2.45, 2.75) is 70.6 Å². The van der Waals surface area contributed by atoms with Crippen molar-refractivity contribution in [2.75, 3.05) is 17.7 Å². The molecule has 2 heterocycles. The number of hydrogen-bond donors (Lipinski definition) is 2. The fourth-order valence-corrected chi connectivity index (χ4v) is 5.62. The third-order valence-electron chi connectivity index (χ3n) is 8.35. The zero-order valence-electron chi connectivity index (χ0n) is 22.5. The van der Waals surface area contributed by atoms with E-state index < -0.39 is 6.09 Å². The van der Waals surface area contributed by atoms with E-state index >= 15 is 0 Å². The molecule has 2 saturated carbocycles. The number of rotatable bonds is 10. The number of carbonyl (C=O) groups excluding carboxylic acids is 1. The average molecular weight is 528 g/mol. The first kappa shape index (κ1) is 25.3. The summed E-state index contributed by atoms with van der Waals surface area (Å²) in [5.74, 6) is 1.31. The molecule has 2 fully saturated rings. The number of ether oxygens (including phenoxy) is 2. The number of imidazole rings is 1. The normalized spacial score (nSPS) is 16.4. The van der Waals surface area contributed by atoms with Gasteiger partial charge in [0, 0.05) is 41.6 Å². The van der Waals surface area contributed by atoms with E-state index in [0.29, 0.717) is 24.3 Å². The van der Waals surface area contributed by atoms with Crippen LogP contribution in [0.1, 0.15) is 57.9 Å². The Morgan fingerprint density at radius 2 is 1.92 bits per heavy atom. The van der Waals surface area contributed by atoms with Crippen molar-refractivity contribution in [3.05, 3.63) is 61.2 Å². The van der Waals surface area contributed by atoms with E-state index in [1.165, 1.54) is 12.8 Å². The number of amides is 1. The lowest BCUT2D eigenvalue weighted by Crippen LogP contribution is -2.30. The minimum atomic E-state index is -0.400. The summed E-state index contributed by atoms with van der Waals surface area (Å²) in [5, 5.41) is 3.89. The third-order valence-corrected chi connectivity index (χ3v) is 8.35. The molecule has 8 heteroatoms. The van der Waals surface area contributed by atoms with Gasteiger partial charge in [0.15, 0.2) is 0 Å². The Kier molecular flexibility index (Phi) is 7.18. The molecule has 8 nitrogen and oxygen atoms in total. The van der Waals surface area contributed by atoms with Gasteiger partial charge in [-0.1, -0.05) is 18.6 Å². The molecule has 2 aliphatic carbocycles. The van der Waals surface area contributed by atoms with E-state index in [1.54, 1.807) is 6.20 Å². The Hall–Kier alpha value is -3.94. The molecule has 2 aromatic heterocycles. The highest BCUT2D eigenvalue weighted by molar-refractivity contribution is 6.02. The Balaban J connectivity index is 1.19. The lowest BCUT2D eigenvalue weighted by molar-refractivity contribution is 0.0531. The Morgan fingerprint density at radius 3 is 2.59 bits per heavy atom. The molecule has 1 amide bonds. The van der Waals surface area contributed by atoms with Crippen molar-refractivity contribution in [1.82, 2.24) is 14.1 Å². The third kappa shape index (κ3) is 5.33. The van der Waals surface area contributed by atoms with Crippen molar-refractivity contribution in [3.8, 4) is 17.0 Å². The van der Waals surface area contributed by atoms with Crippen LogP contribution in [0.2, 0.25) is 0 Å². The molecule has 0 bridgehead atoms. The Bertz CT molecular complexity index is 1420. The minimum Gasteiger partial charge on any atom is -0.494 e. The summed E-state index contributed by atoms with van der Waals surface area (Å²) in [6, 6.07) is 14.6. The number of anilines is 2. The predicted molar refractivity (Wildman–Crippen MR) is 154 cm³/mol. The number of aromatic nitrogens is 3. The largest absolute Gasteiger partial charge is 0.494 e. The second kappa shape index (κ2) is 11.0. The molecule has 0 saturated heterocycles. The molecule has 2 aliphatic rings. The minimum absolute atomic E-state index is 0.0541. The van der Waals surface area contributed by atoms with Crippen molar-refractivity contribution in [2.24, 2.45) is 5.92 Å². The van der Waals surface area contributed by atoms with E-state index in [-0.39, 0.29) is 6.10 Å². The van der Waals surface area contributed by atoms with E-state index in [9.17, 15) is 4.79 Å². The fraction of sp³-hybridized carbons (Fsp3) is 0.419. The summed E-state index contributed by atoms with van der Waals surface area (Å²) in [6.07, 6.45) is 13.0. The average Bonchev–Trinajstić information content (AvgIpc) is 3.47. The number of fused-ring (bicyclic) bond motifs is 1. The van der Waals surface area contributed by atoms with Crippen LogP contribution in [0.5, 0.6) is 5.75 Å². The second-order valence-corrected chi connectivity index (χ2v) is 10.9. The summed E-state index contributed by atoms with van der Waals surface area (Å²) < 4.78 is 16.1. The predicted octanol–water partition coefficient (Wildman–Crippen LogP) is 7.02. The van der Waals surface area contributed by atoms with Gasteiger partial charge in [-0.25, -0.2) is 9.78 Å². The lowest BCUT2D eigenvalue weighted by Gasteiger charge is -2.30. The van der Waals surface area contributed by atoms with Gasteiger partial charge in [0.25, 0.3) is 0 Å². The molecular weight excluding hydrogens is 490 g/mol. The number of nitrogens with two attached hydrogens (primary N) is 1. The van der Waals surface area contributed by atoms with Crippen LogP contribution in [-0.4, -0.2) is 32.9 Å². The molecule has 39 heavy (non-hydrogen) atoms. The smallest absolute Gasteiger partial charge is 0.411 e. The van der Waals surface area contributed by atoms with E-state index in [0.717, 1.165) is 72.2 Å². The highest BCUT2D eigenvalue weighted by Gasteiger charge is 2.28. The van der Waals surface area contributed by atoms with Crippen molar-refractivity contribution in [1.29, 1.82) is 0 Å². The maximum Gasteiger partial charge on any atom is 0.411 e. The van der Waals surface area contributed by atoms with Gasteiger partial charge in [-0.15, -0.1) is 0 Å². The molecule has 0 radical (unpaired) electrons. The summed E-state index contributed by atoms with van der Waals surface area (Å²) in [7, 11) is 0. The van der Waals surface area contributed by atoms with Crippen LogP contribution in [-0.2, 0) is 11.3 Å². The molecule has 1 atom stereocenters. The van der Waals surface area contributed by atoms with E-state index in [4.69, 9.17) is 15.2 Å². The van der Waals surface area contributed by atoms with Gasteiger partial charge in [-0.3, -0.25) is 5.32 Å². The number of carbonyl (C=O) groups is 1. The molecule has 6 rings (SSSR count). The topological polar surface area (TPSA) is 96.3 Å². The molecule has 1 unspecified atom stereocenters.